The zero-order valence-corrected chi connectivity index (χ0v) is 16.8. The Hall–Kier alpha value is -2.87. The van der Waals surface area contributed by atoms with Crippen LogP contribution in [0.15, 0.2) is 72.8 Å². The van der Waals surface area contributed by atoms with Crippen LogP contribution in [0.25, 0.3) is 28.1 Å². The Balaban J connectivity index is 2.11. The summed E-state index contributed by atoms with van der Waals surface area (Å²) in [5.41, 5.74) is 7.69. The van der Waals surface area contributed by atoms with E-state index in [2.05, 4.69) is 117 Å². The third-order valence-corrected chi connectivity index (χ3v) is 5.37. The van der Waals surface area contributed by atoms with E-state index < -0.39 is 0 Å². The molecule has 0 unspecified atom stereocenters. The molecule has 2 nitrogen and oxygen atoms in total. The quantitative estimate of drug-likeness (QED) is 0.406. The lowest BCUT2D eigenvalue weighted by molar-refractivity contribution is -0.633. The summed E-state index contributed by atoms with van der Waals surface area (Å²) < 4.78 is 4.70. The molecule has 0 saturated carbocycles. The molecule has 1 aromatic heterocycles. The monoisotopic (exact) mass is 355 g/mol. The lowest BCUT2D eigenvalue weighted by atomic mass is 9.85. The highest BCUT2D eigenvalue weighted by Crippen LogP contribution is 2.32. The van der Waals surface area contributed by atoms with Gasteiger partial charge in [0, 0.05) is 0 Å². The van der Waals surface area contributed by atoms with E-state index in [0.717, 1.165) is 0 Å². The second-order valence-corrected chi connectivity index (χ2v) is 8.32. The highest BCUT2D eigenvalue weighted by Gasteiger charge is 2.27. The summed E-state index contributed by atoms with van der Waals surface area (Å²) in [7, 11) is 2.17. The van der Waals surface area contributed by atoms with E-state index >= 15 is 0 Å². The molecule has 0 N–H and O–H groups in total. The van der Waals surface area contributed by atoms with E-state index in [1.54, 1.807) is 0 Å². The lowest BCUT2D eigenvalue weighted by Gasteiger charge is -2.20. The van der Waals surface area contributed by atoms with Crippen LogP contribution >= 0.6 is 0 Å². The summed E-state index contributed by atoms with van der Waals surface area (Å²) in [4.78, 5) is 0. The van der Waals surface area contributed by atoms with Gasteiger partial charge in [-0.2, -0.15) is 4.57 Å². The number of benzene rings is 3. The predicted molar refractivity (Wildman–Crippen MR) is 113 cm³/mol. The fourth-order valence-electron chi connectivity index (χ4n) is 3.78. The van der Waals surface area contributed by atoms with Crippen molar-refractivity contribution in [2.24, 2.45) is 7.05 Å². The molecule has 3 aromatic carbocycles. The molecule has 0 aliphatic rings. The number of aromatic nitrogens is 2. The van der Waals surface area contributed by atoms with Crippen molar-refractivity contribution in [1.82, 2.24) is 4.57 Å². The molecule has 136 valence electrons. The standard InChI is InChI=1S/C25H27N2/c1-18-15-16-19(25(2,3)4)17-21(18)24-26(5)22-13-9-10-14-23(22)27(24)20-11-7-6-8-12-20/h6-17H,1-5H3/q+1. The minimum Gasteiger partial charge on any atom is -0.225 e. The van der Waals surface area contributed by atoms with Gasteiger partial charge in [0.1, 0.15) is 5.69 Å². The van der Waals surface area contributed by atoms with Crippen molar-refractivity contribution in [1.29, 1.82) is 0 Å². The molecule has 4 rings (SSSR count). The van der Waals surface area contributed by atoms with Gasteiger partial charge >= 0.3 is 0 Å². The van der Waals surface area contributed by atoms with Crippen molar-refractivity contribution in [2.45, 2.75) is 33.1 Å². The number of fused-ring (bicyclic) bond motifs is 1. The van der Waals surface area contributed by atoms with E-state index in [9.17, 15) is 0 Å². The van der Waals surface area contributed by atoms with Gasteiger partial charge < -0.3 is 0 Å². The van der Waals surface area contributed by atoms with Crippen molar-refractivity contribution < 1.29 is 4.57 Å². The van der Waals surface area contributed by atoms with Gasteiger partial charge in [-0.25, -0.2) is 4.57 Å². The molecule has 0 aliphatic carbocycles. The number of imidazole rings is 1. The summed E-state index contributed by atoms with van der Waals surface area (Å²) in [5, 5.41) is 0. The Bertz CT molecular complexity index is 1110. The number of hydrogen-bond acceptors (Lipinski definition) is 0. The maximum absolute atomic E-state index is 2.38. The molecular weight excluding hydrogens is 328 g/mol. The molecule has 0 atom stereocenters. The first kappa shape index (κ1) is 17.5. The topological polar surface area (TPSA) is 8.81 Å². The molecule has 2 heteroatoms. The highest BCUT2D eigenvalue weighted by molar-refractivity contribution is 5.79. The molecule has 4 aromatic rings. The first-order valence-corrected chi connectivity index (χ1v) is 9.54. The van der Waals surface area contributed by atoms with Crippen molar-refractivity contribution in [3.8, 4) is 17.1 Å². The second kappa shape index (κ2) is 6.38. The Labute approximate surface area is 161 Å². The largest absolute Gasteiger partial charge is 0.295 e. The summed E-state index contributed by atoms with van der Waals surface area (Å²) in [6.45, 7) is 9.02. The molecule has 0 aliphatic heterocycles. The molecule has 0 fully saturated rings. The van der Waals surface area contributed by atoms with Gasteiger partial charge in [0.15, 0.2) is 11.0 Å². The zero-order valence-electron chi connectivity index (χ0n) is 16.8. The Morgan fingerprint density at radius 3 is 2.19 bits per heavy atom. The summed E-state index contributed by atoms with van der Waals surface area (Å²) in [6, 6.07) is 26.1. The third kappa shape index (κ3) is 2.95. The number of rotatable bonds is 2. The fourth-order valence-corrected chi connectivity index (χ4v) is 3.78. The first-order chi connectivity index (χ1) is 12.9. The van der Waals surface area contributed by atoms with Crippen LogP contribution in [0.4, 0.5) is 0 Å². The average Bonchev–Trinajstić information content (AvgIpc) is 2.95. The summed E-state index contributed by atoms with van der Waals surface area (Å²) in [5.74, 6) is 1.21. The van der Waals surface area contributed by atoms with Gasteiger partial charge in [-0.3, -0.25) is 0 Å². The molecule has 0 spiro atoms. The first-order valence-electron chi connectivity index (χ1n) is 9.54. The highest BCUT2D eigenvalue weighted by atomic mass is 15.2. The van der Waals surface area contributed by atoms with Crippen LogP contribution in [0, 0.1) is 6.92 Å². The van der Waals surface area contributed by atoms with Crippen LogP contribution in [0.1, 0.15) is 31.9 Å². The van der Waals surface area contributed by atoms with E-state index in [1.807, 2.05) is 0 Å². The van der Waals surface area contributed by atoms with E-state index in [1.165, 1.54) is 39.2 Å². The SMILES string of the molecule is Cc1ccc(C(C)(C)C)cc1-c1n(-c2ccccc2)c2ccccc2[n+]1C. The van der Waals surface area contributed by atoms with Gasteiger partial charge in [-0.1, -0.05) is 63.2 Å². The van der Waals surface area contributed by atoms with E-state index in [0.29, 0.717) is 0 Å². The second-order valence-electron chi connectivity index (χ2n) is 8.32. The summed E-state index contributed by atoms with van der Waals surface area (Å²) in [6.07, 6.45) is 0. The Morgan fingerprint density at radius 1 is 0.815 bits per heavy atom. The molecule has 27 heavy (non-hydrogen) atoms. The predicted octanol–water partition coefficient (Wildman–Crippen LogP) is 5.73. The van der Waals surface area contributed by atoms with Crippen LogP contribution in [-0.4, -0.2) is 4.57 Å². The smallest absolute Gasteiger partial charge is 0.225 e. The van der Waals surface area contributed by atoms with Gasteiger partial charge in [-0.15, -0.1) is 0 Å². The van der Waals surface area contributed by atoms with E-state index in [-0.39, 0.29) is 5.41 Å². The van der Waals surface area contributed by atoms with E-state index in [4.69, 9.17) is 0 Å². The van der Waals surface area contributed by atoms with Crippen molar-refractivity contribution in [2.75, 3.05) is 0 Å². The maximum Gasteiger partial charge on any atom is 0.295 e. The molecule has 1 heterocycles. The normalized spacial score (nSPS) is 11.9. The van der Waals surface area contributed by atoms with Crippen LogP contribution < -0.4 is 4.57 Å². The number of nitrogens with zero attached hydrogens (tertiary/aromatic N) is 2. The van der Waals surface area contributed by atoms with Crippen molar-refractivity contribution in [3.63, 3.8) is 0 Å². The van der Waals surface area contributed by atoms with Crippen LogP contribution in [0.5, 0.6) is 0 Å². The Kier molecular flexibility index (Phi) is 4.15. The minimum absolute atomic E-state index is 0.116. The molecule has 0 amide bonds. The average molecular weight is 356 g/mol. The van der Waals surface area contributed by atoms with Crippen molar-refractivity contribution >= 4 is 11.0 Å². The fraction of sp³-hybridized carbons (Fsp3) is 0.240. The van der Waals surface area contributed by atoms with Crippen LogP contribution in [-0.2, 0) is 12.5 Å². The van der Waals surface area contributed by atoms with Gasteiger partial charge in [0.2, 0.25) is 0 Å². The third-order valence-electron chi connectivity index (χ3n) is 5.37. The number of hydrogen-bond donors (Lipinski definition) is 0. The Morgan fingerprint density at radius 2 is 1.48 bits per heavy atom. The zero-order chi connectivity index (χ0) is 19.2. The number of aryl methyl sites for hydroxylation is 2. The lowest BCUT2D eigenvalue weighted by Crippen LogP contribution is -2.30. The maximum atomic E-state index is 2.38. The molecule has 0 radical (unpaired) electrons. The minimum atomic E-state index is 0.116. The van der Waals surface area contributed by atoms with Gasteiger partial charge in [0.05, 0.1) is 12.6 Å². The molecule has 0 bridgehead atoms. The number of para-hydroxylation sites is 3. The molecular formula is C25H27N2+. The summed E-state index contributed by atoms with van der Waals surface area (Å²) >= 11 is 0. The van der Waals surface area contributed by atoms with Gasteiger partial charge in [-0.05, 0) is 53.8 Å². The van der Waals surface area contributed by atoms with Crippen LogP contribution in [0.2, 0.25) is 0 Å². The van der Waals surface area contributed by atoms with Crippen LogP contribution in [0.3, 0.4) is 0 Å². The van der Waals surface area contributed by atoms with Gasteiger partial charge in [0.25, 0.3) is 5.82 Å². The molecule has 0 saturated heterocycles. The van der Waals surface area contributed by atoms with Crippen molar-refractivity contribution in [3.05, 3.63) is 83.9 Å².